The van der Waals surface area contributed by atoms with Gasteiger partial charge in [0.25, 0.3) is 0 Å². The van der Waals surface area contributed by atoms with Gasteiger partial charge in [0.1, 0.15) is 5.82 Å². The molecular weight excluding hydrogens is 478 g/mol. The molecule has 0 atom stereocenters. The number of carbonyl (C=O) groups excluding carboxylic acids is 1. The van der Waals surface area contributed by atoms with Crippen molar-refractivity contribution < 1.29 is 43.8 Å². The molecule has 37 heavy (non-hydrogen) atoms. The number of benzene rings is 3. The number of aromatic carboxylic acids is 1. The van der Waals surface area contributed by atoms with Gasteiger partial charge in [-0.1, -0.05) is 48.5 Å². The van der Waals surface area contributed by atoms with E-state index in [0.717, 1.165) is 80.1 Å². The third kappa shape index (κ3) is 6.79. The van der Waals surface area contributed by atoms with E-state index in [9.17, 15) is 14.3 Å². The van der Waals surface area contributed by atoms with Gasteiger partial charge in [0.2, 0.25) is 5.95 Å². The van der Waals surface area contributed by atoms with Gasteiger partial charge in [-0.05, 0) is 73.3 Å². The van der Waals surface area contributed by atoms with Crippen LogP contribution in [0.3, 0.4) is 0 Å². The van der Waals surface area contributed by atoms with Crippen LogP contribution in [0.25, 0.3) is 11.0 Å². The SMILES string of the molecule is O=C([O-])c1ccc(CCN2CCCN(c3nc4ccccc4n3Cc3ccc(F)cc3)CCC2)cc1.[Na+]. The summed E-state index contributed by atoms with van der Waals surface area (Å²) in [7, 11) is 0. The van der Waals surface area contributed by atoms with Crippen LogP contribution in [-0.4, -0.2) is 53.1 Å². The van der Waals surface area contributed by atoms with Crippen LogP contribution in [0.2, 0.25) is 0 Å². The third-order valence-electron chi connectivity index (χ3n) is 6.88. The largest absolute Gasteiger partial charge is 1.00 e. The summed E-state index contributed by atoms with van der Waals surface area (Å²) in [6, 6.07) is 21.9. The molecule has 4 aromatic rings. The zero-order valence-electron chi connectivity index (χ0n) is 21.3. The van der Waals surface area contributed by atoms with Gasteiger partial charge in [-0.3, -0.25) is 0 Å². The van der Waals surface area contributed by atoms with Crippen molar-refractivity contribution in [2.75, 3.05) is 37.6 Å². The maximum absolute atomic E-state index is 13.4. The number of para-hydroxylation sites is 2. The molecule has 6 nitrogen and oxygen atoms in total. The molecule has 1 aliphatic rings. The Morgan fingerprint density at radius 3 is 2.19 bits per heavy atom. The quantitative estimate of drug-likeness (QED) is 0.345. The van der Waals surface area contributed by atoms with E-state index in [1.54, 1.807) is 12.1 Å². The molecule has 186 valence electrons. The summed E-state index contributed by atoms with van der Waals surface area (Å²) in [6.45, 7) is 5.45. The first kappa shape index (κ1) is 27.3. The van der Waals surface area contributed by atoms with Crippen molar-refractivity contribution in [1.29, 1.82) is 0 Å². The average molecular weight is 509 g/mol. The number of carbonyl (C=O) groups is 1. The van der Waals surface area contributed by atoms with Gasteiger partial charge in [0.15, 0.2) is 0 Å². The Morgan fingerprint density at radius 1 is 0.865 bits per heavy atom. The number of carboxylic acid groups (broad SMARTS) is 1. The number of anilines is 1. The summed E-state index contributed by atoms with van der Waals surface area (Å²) in [5, 5.41) is 10.9. The fraction of sp³-hybridized carbons (Fsp3) is 0.310. The Hall–Kier alpha value is -2.71. The van der Waals surface area contributed by atoms with E-state index in [-0.39, 0.29) is 40.9 Å². The standard InChI is InChI=1S/C29H31FN4O2.Na/c30-25-13-9-23(10-14-25)21-34-27-6-2-1-5-26(27)31-29(34)33-18-3-16-32(17-4-19-33)20-15-22-7-11-24(12-8-22)28(35)36;/h1-2,5-14H,3-4,15-21H2,(H,35,36);/q;+1/p-1. The van der Waals surface area contributed by atoms with Crippen molar-refractivity contribution in [1.82, 2.24) is 14.5 Å². The van der Waals surface area contributed by atoms with Crippen LogP contribution in [0.4, 0.5) is 10.3 Å². The molecule has 0 amide bonds. The van der Waals surface area contributed by atoms with Crippen LogP contribution < -0.4 is 39.6 Å². The maximum Gasteiger partial charge on any atom is 1.00 e. The van der Waals surface area contributed by atoms with Gasteiger partial charge in [-0.15, -0.1) is 0 Å². The Labute approximate surface area is 239 Å². The summed E-state index contributed by atoms with van der Waals surface area (Å²) < 4.78 is 15.7. The number of imidazole rings is 1. The Morgan fingerprint density at radius 2 is 1.51 bits per heavy atom. The van der Waals surface area contributed by atoms with E-state index in [0.29, 0.717) is 6.54 Å². The number of carboxylic acids is 1. The van der Waals surface area contributed by atoms with E-state index < -0.39 is 5.97 Å². The third-order valence-corrected chi connectivity index (χ3v) is 6.88. The minimum Gasteiger partial charge on any atom is -0.545 e. The number of aromatic nitrogens is 2. The molecular formula is C29H30FN4NaO2. The van der Waals surface area contributed by atoms with Gasteiger partial charge in [0, 0.05) is 19.6 Å². The van der Waals surface area contributed by atoms with Gasteiger partial charge in [0.05, 0.1) is 23.5 Å². The molecule has 0 N–H and O–H groups in total. The normalized spacial score (nSPS) is 14.7. The first-order chi connectivity index (χ1) is 17.6. The van der Waals surface area contributed by atoms with Gasteiger partial charge in [-0.25, -0.2) is 9.37 Å². The summed E-state index contributed by atoms with van der Waals surface area (Å²) in [6.07, 6.45) is 2.96. The molecule has 1 saturated heterocycles. The van der Waals surface area contributed by atoms with E-state index >= 15 is 0 Å². The first-order valence-electron chi connectivity index (χ1n) is 12.5. The molecule has 0 unspecified atom stereocenters. The molecule has 1 fully saturated rings. The Bertz CT molecular complexity index is 1310. The van der Waals surface area contributed by atoms with Crippen LogP contribution in [-0.2, 0) is 13.0 Å². The average Bonchev–Trinajstić information content (AvgIpc) is 3.23. The zero-order chi connectivity index (χ0) is 24.9. The van der Waals surface area contributed by atoms with Crippen LogP contribution in [0, 0.1) is 5.82 Å². The van der Waals surface area contributed by atoms with Crippen molar-refractivity contribution in [3.8, 4) is 0 Å². The topological polar surface area (TPSA) is 64.4 Å². The van der Waals surface area contributed by atoms with Crippen LogP contribution in [0.15, 0.2) is 72.8 Å². The zero-order valence-corrected chi connectivity index (χ0v) is 23.3. The number of rotatable bonds is 7. The summed E-state index contributed by atoms with van der Waals surface area (Å²) in [4.78, 5) is 20.8. The molecule has 1 aromatic heterocycles. The molecule has 2 heterocycles. The molecule has 0 aliphatic carbocycles. The molecule has 5 rings (SSSR count). The molecule has 1 aliphatic heterocycles. The molecule has 0 saturated carbocycles. The van der Waals surface area contributed by atoms with Crippen molar-refractivity contribution in [2.45, 2.75) is 25.8 Å². The number of hydrogen-bond acceptors (Lipinski definition) is 5. The van der Waals surface area contributed by atoms with E-state index in [2.05, 4.69) is 20.4 Å². The molecule has 3 aromatic carbocycles. The van der Waals surface area contributed by atoms with Crippen molar-refractivity contribution in [2.24, 2.45) is 0 Å². The maximum atomic E-state index is 13.4. The van der Waals surface area contributed by atoms with E-state index in [1.807, 2.05) is 42.5 Å². The smallest absolute Gasteiger partial charge is 0.545 e. The van der Waals surface area contributed by atoms with Gasteiger partial charge in [-0.2, -0.15) is 0 Å². The second-order valence-corrected chi connectivity index (χ2v) is 9.38. The van der Waals surface area contributed by atoms with Gasteiger partial charge >= 0.3 is 29.6 Å². The monoisotopic (exact) mass is 508 g/mol. The molecule has 0 spiro atoms. The Balaban J connectivity index is 0.00000320. The minimum atomic E-state index is -1.14. The number of halogens is 1. The van der Waals surface area contributed by atoms with E-state index in [4.69, 9.17) is 4.98 Å². The van der Waals surface area contributed by atoms with Crippen LogP contribution in [0.5, 0.6) is 0 Å². The number of fused-ring (bicyclic) bond motifs is 1. The van der Waals surface area contributed by atoms with Crippen LogP contribution in [0.1, 0.15) is 34.3 Å². The molecule has 0 radical (unpaired) electrons. The second-order valence-electron chi connectivity index (χ2n) is 9.38. The summed E-state index contributed by atoms with van der Waals surface area (Å²) in [5.41, 5.74) is 4.47. The minimum absolute atomic E-state index is 0. The van der Waals surface area contributed by atoms with Gasteiger partial charge < -0.3 is 24.3 Å². The summed E-state index contributed by atoms with van der Waals surface area (Å²) >= 11 is 0. The number of hydrogen-bond donors (Lipinski definition) is 0. The first-order valence-corrected chi connectivity index (χ1v) is 12.5. The summed E-state index contributed by atoms with van der Waals surface area (Å²) in [5.74, 6) is -0.389. The second kappa shape index (κ2) is 12.7. The predicted octanol–water partition coefficient (Wildman–Crippen LogP) is 0.736. The fourth-order valence-electron chi connectivity index (χ4n) is 4.94. The molecule has 8 heteroatoms. The Kier molecular flexibility index (Phi) is 9.38. The van der Waals surface area contributed by atoms with Crippen molar-refractivity contribution in [3.63, 3.8) is 0 Å². The fourth-order valence-corrected chi connectivity index (χ4v) is 4.94. The van der Waals surface area contributed by atoms with Crippen LogP contribution >= 0.6 is 0 Å². The van der Waals surface area contributed by atoms with Crippen molar-refractivity contribution >= 4 is 23.0 Å². The van der Waals surface area contributed by atoms with Crippen molar-refractivity contribution in [3.05, 3.63) is 95.3 Å². The predicted molar refractivity (Wildman–Crippen MR) is 138 cm³/mol. The van der Waals surface area contributed by atoms with E-state index in [1.165, 1.54) is 12.1 Å². The molecule has 0 bridgehead atoms. The number of nitrogens with zero attached hydrogens (tertiary/aromatic N) is 4.